The summed E-state index contributed by atoms with van der Waals surface area (Å²) in [6.07, 6.45) is -0.0251. The van der Waals surface area contributed by atoms with E-state index in [9.17, 15) is 4.79 Å². The number of carbonyl (C=O) groups is 1. The Hall–Kier alpha value is -1.62. The molecule has 94 valence electrons. The van der Waals surface area contributed by atoms with Gasteiger partial charge in [0, 0.05) is 10.2 Å². The van der Waals surface area contributed by atoms with Gasteiger partial charge in [-0.1, -0.05) is 15.9 Å². The third kappa shape index (κ3) is 2.46. The predicted molar refractivity (Wildman–Crippen MR) is 72.1 cm³/mol. The number of hydrogen-bond donors (Lipinski definition) is 1. The van der Waals surface area contributed by atoms with E-state index in [1.807, 2.05) is 42.7 Å². The summed E-state index contributed by atoms with van der Waals surface area (Å²) in [6.45, 7) is 3.71. The van der Waals surface area contributed by atoms with Gasteiger partial charge in [0.05, 0.1) is 17.8 Å². The average molecular weight is 309 g/mol. The fraction of sp³-hybridized carbons (Fsp3) is 0.231. The van der Waals surface area contributed by atoms with E-state index in [1.54, 1.807) is 0 Å². The topological polar surface area (TPSA) is 55.1 Å². The minimum Gasteiger partial charge on any atom is -0.481 e. The smallest absolute Gasteiger partial charge is 0.309 e. The SMILES string of the molecule is Cc1nc(C)n(-c2ccc(Br)cc2)c1CC(=O)O. The van der Waals surface area contributed by atoms with Crippen LogP contribution in [0.3, 0.4) is 0 Å². The number of nitrogens with zero attached hydrogens (tertiary/aromatic N) is 2. The second-order valence-corrected chi connectivity index (χ2v) is 4.99. The van der Waals surface area contributed by atoms with E-state index < -0.39 is 5.97 Å². The van der Waals surface area contributed by atoms with E-state index in [4.69, 9.17) is 5.11 Å². The van der Waals surface area contributed by atoms with Crippen LogP contribution in [0.2, 0.25) is 0 Å². The summed E-state index contributed by atoms with van der Waals surface area (Å²) in [7, 11) is 0. The Morgan fingerprint density at radius 3 is 2.50 bits per heavy atom. The molecule has 1 heterocycles. The molecule has 0 saturated carbocycles. The van der Waals surface area contributed by atoms with Crippen molar-refractivity contribution in [2.45, 2.75) is 20.3 Å². The molecule has 2 aromatic rings. The van der Waals surface area contributed by atoms with Gasteiger partial charge < -0.3 is 9.67 Å². The molecule has 0 amide bonds. The lowest BCUT2D eigenvalue weighted by Crippen LogP contribution is -2.08. The van der Waals surface area contributed by atoms with Crippen LogP contribution in [0.25, 0.3) is 5.69 Å². The first-order chi connectivity index (χ1) is 8.49. The molecule has 1 aromatic heterocycles. The van der Waals surface area contributed by atoms with Crippen LogP contribution in [0.4, 0.5) is 0 Å². The standard InChI is InChI=1S/C13H13BrN2O2/c1-8-12(7-13(17)18)16(9(2)15-8)11-5-3-10(14)4-6-11/h3-6H,7H2,1-2H3,(H,17,18). The lowest BCUT2D eigenvalue weighted by Gasteiger charge is -2.09. The van der Waals surface area contributed by atoms with Crippen LogP contribution >= 0.6 is 15.9 Å². The summed E-state index contributed by atoms with van der Waals surface area (Å²) < 4.78 is 2.87. The zero-order chi connectivity index (χ0) is 13.3. The van der Waals surface area contributed by atoms with Crippen molar-refractivity contribution in [2.75, 3.05) is 0 Å². The number of carboxylic acids is 1. The van der Waals surface area contributed by atoms with Crippen LogP contribution in [-0.4, -0.2) is 20.6 Å². The van der Waals surface area contributed by atoms with Crippen molar-refractivity contribution in [3.8, 4) is 5.69 Å². The van der Waals surface area contributed by atoms with Gasteiger partial charge >= 0.3 is 5.97 Å². The molecule has 1 aromatic carbocycles. The maximum absolute atomic E-state index is 10.9. The molecule has 0 bridgehead atoms. The third-order valence-electron chi connectivity index (χ3n) is 2.74. The number of carboxylic acid groups (broad SMARTS) is 1. The van der Waals surface area contributed by atoms with Gasteiger partial charge in [0.25, 0.3) is 0 Å². The van der Waals surface area contributed by atoms with Crippen molar-refractivity contribution in [1.82, 2.24) is 9.55 Å². The highest BCUT2D eigenvalue weighted by Gasteiger charge is 2.15. The minimum atomic E-state index is -0.851. The molecular weight excluding hydrogens is 296 g/mol. The molecule has 4 nitrogen and oxygen atoms in total. The van der Waals surface area contributed by atoms with Gasteiger partial charge in [-0.15, -0.1) is 0 Å². The molecule has 0 aliphatic heterocycles. The van der Waals surface area contributed by atoms with Gasteiger partial charge in [-0.05, 0) is 38.1 Å². The zero-order valence-corrected chi connectivity index (χ0v) is 11.7. The van der Waals surface area contributed by atoms with Crippen molar-refractivity contribution in [1.29, 1.82) is 0 Å². The number of aryl methyl sites for hydroxylation is 2. The Bertz CT molecular complexity index is 588. The molecule has 0 aliphatic carbocycles. The highest BCUT2D eigenvalue weighted by atomic mass is 79.9. The first-order valence-electron chi connectivity index (χ1n) is 5.51. The first kappa shape index (κ1) is 12.8. The molecule has 2 rings (SSSR count). The summed E-state index contributed by atoms with van der Waals surface area (Å²) >= 11 is 3.38. The molecule has 0 radical (unpaired) electrons. The number of benzene rings is 1. The largest absolute Gasteiger partial charge is 0.481 e. The van der Waals surface area contributed by atoms with Gasteiger partial charge in [0.15, 0.2) is 0 Å². The number of rotatable bonds is 3. The summed E-state index contributed by atoms with van der Waals surface area (Å²) in [6, 6.07) is 7.72. The van der Waals surface area contributed by atoms with Crippen LogP contribution in [0.15, 0.2) is 28.7 Å². The Morgan fingerprint density at radius 1 is 1.33 bits per heavy atom. The Labute approximate surface area is 113 Å². The molecule has 0 fully saturated rings. The lowest BCUT2D eigenvalue weighted by atomic mass is 10.2. The Morgan fingerprint density at radius 2 is 1.94 bits per heavy atom. The molecule has 0 spiro atoms. The van der Waals surface area contributed by atoms with Gasteiger partial charge in [-0.25, -0.2) is 4.98 Å². The molecule has 0 unspecified atom stereocenters. The van der Waals surface area contributed by atoms with Crippen LogP contribution in [0.5, 0.6) is 0 Å². The molecule has 5 heteroatoms. The van der Waals surface area contributed by atoms with Gasteiger partial charge in [-0.3, -0.25) is 4.79 Å². The zero-order valence-electron chi connectivity index (χ0n) is 10.1. The van der Waals surface area contributed by atoms with Crippen molar-refractivity contribution >= 4 is 21.9 Å². The number of halogens is 1. The molecular formula is C13H13BrN2O2. The van der Waals surface area contributed by atoms with E-state index in [-0.39, 0.29) is 6.42 Å². The van der Waals surface area contributed by atoms with Crippen LogP contribution in [-0.2, 0) is 11.2 Å². The summed E-state index contributed by atoms with van der Waals surface area (Å²) in [4.78, 5) is 15.3. The normalized spacial score (nSPS) is 10.6. The highest BCUT2D eigenvalue weighted by Crippen LogP contribution is 2.20. The molecule has 18 heavy (non-hydrogen) atoms. The molecule has 0 aliphatic rings. The van der Waals surface area contributed by atoms with Crippen molar-refractivity contribution in [3.63, 3.8) is 0 Å². The molecule has 1 N–H and O–H groups in total. The summed E-state index contributed by atoms with van der Waals surface area (Å²) in [5.41, 5.74) is 2.41. The average Bonchev–Trinajstić information content (AvgIpc) is 2.55. The van der Waals surface area contributed by atoms with Crippen molar-refractivity contribution in [2.24, 2.45) is 0 Å². The first-order valence-corrected chi connectivity index (χ1v) is 6.31. The Balaban J connectivity index is 2.55. The summed E-state index contributed by atoms with van der Waals surface area (Å²) in [5.74, 6) is -0.0533. The maximum Gasteiger partial charge on any atom is 0.309 e. The minimum absolute atomic E-state index is 0.0251. The second-order valence-electron chi connectivity index (χ2n) is 4.07. The fourth-order valence-electron chi connectivity index (χ4n) is 2.00. The third-order valence-corrected chi connectivity index (χ3v) is 3.27. The number of aromatic nitrogens is 2. The quantitative estimate of drug-likeness (QED) is 0.948. The van der Waals surface area contributed by atoms with Crippen LogP contribution < -0.4 is 0 Å². The van der Waals surface area contributed by atoms with E-state index in [2.05, 4.69) is 20.9 Å². The van der Waals surface area contributed by atoms with Crippen LogP contribution in [0.1, 0.15) is 17.2 Å². The van der Waals surface area contributed by atoms with Gasteiger partial charge in [0.1, 0.15) is 5.82 Å². The molecule has 0 saturated heterocycles. The van der Waals surface area contributed by atoms with E-state index in [1.165, 1.54) is 0 Å². The van der Waals surface area contributed by atoms with Crippen molar-refractivity contribution in [3.05, 3.63) is 46.0 Å². The lowest BCUT2D eigenvalue weighted by molar-refractivity contribution is -0.136. The molecule has 0 atom stereocenters. The maximum atomic E-state index is 10.9. The monoisotopic (exact) mass is 308 g/mol. The van der Waals surface area contributed by atoms with E-state index >= 15 is 0 Å². The highest BCUT2D eigenvalue weighted by molar-refractivity contribution is 9.10. The Kier molecular flexibility index (Phi) is 3.52. The van der Waals surface area contributed by atoms with Gasteiger partial charge in [-0.2, -0.15) is 0 Å². The number of aliphatic carboxylic acids is 1. The number of hydrogen-bond acceptors (Lipinski definition) is 2. The number of imidazole rings is 1. The summed E-state index contributed by atoms with van der Waals surface area (Å²) in [5, 5.41) is 8.97. The second kappa shape index (κ2) is 4.94. The van der Waals surface area contributed by atoms with E-state index in [0.29, 0.717) is 0 Å². The van der Waals surface area contributed by atoms with Crippen molar-refractivity contribution < 1.29 is 9.90 Å². The van der Waals surface area contributed by atoms with Crippen LogP contribution in [0, 0.1) is 13.8 Å². The van der Waals surface area contributed by atoms with E-state index in [0.717, 1.165) is 27.4 Å². The van der Waals surface area contributed by atoms with Gasteiger partial charge in [0.2, 0.25) is 0 Å². The predicted octanol–water partition coefficient (Wildman–Crippen LogP) is 2.88. The fourth-order valence-corrected chi connectivity index (χ4v) is 2.26.